The summed E-state index contributed by atoms with van der Waals surface area (Å²) in [6.07, 6.45) is 2.92. The van der Waals surface area contributed by atoms with Crippen LogP contribution in [0, 0.1) is 0 Å². The Kier molecular flexibility index (Phi) is 5.79. The number of hydrogen-bond acceptors (Lipinski definition) is 4. The first-order valence-electron chi connectivity index (χ1n) is 9.95. The molecule has 2 aromatic carbocycles. The second-order valence-electron chi connectivity index (χ2n) is 7.18. The summed E-state index contributed by atoms with van der Waals surface area (Å²) in [5, 5.41) is 9.34. The summed E-state index contributed by atoms with van der Waals surface area (Å²) in [7, 11) is 3.51. The number of rotatable bonds is 5. The van der Waals surface area contributed by atoms with Crippen molar-refractivity contribution in [2.45, 2.75) is 19.0 Å². The molecule has 1 unspecified atom stereocenters. The van der Waals surface area contributed by atoms with E-state index >= 15 is 0 Å². The molecule has 4 rings (SSSR count). The van der Waals surface area contributed by atoms with Gasteiger partial charge in [-0.25, -0.2) is 0 Å². The molecule has 0 saturated carbocycles. The van der Waals surface area contributed by atoms with Crippen LogP contribution in [0.5, 0.6) is 5.75 Å². The minimum atomic E-state index is 0.341. The van der Waals surface area contributed by atoms with Crippen LogP contribution in [0.2, 0.25) is 0 Å². The maximum Gasteiger partial charge on any atom is 0.191 e. The third-order valence-electron chi connectivity index (χ3n) is 5.35. The van der Waals surface area contributed by atoms with Crippen LogP contribution in [0.25, 0.3) is 10.8 Å². The molecule has 150 valence electrons. The Hall–Kier alpha value is -3.28. The van der Waals surface area contributed by atoms with Gasteiger partial charge in [-0.1, -0.05) is 30.3 Å². The highest BCUT2D eigenvalue weighted by Gasteiger charge is 2.23. The molecular weight excluding hydrogens is 362 g/mol. The van der Waals surface area contributed by atoms with Crippen molar-refractivity contribution < 1.29 is 4.74 Å². The van der Waals surface area contributed by atoms with Gasteiger partial charge < -0.3 is 20.3 Å². The summed E-state index contributed by atoms with van der Waals surface area (Å²) in [5.74, 6) is 1.69. The largest absolute Gasteiger partial charge is 0.497 e. The van der Waals surface area contributed by atoms with E-state index < -0.39 is 0 Å². The Balaban J connectivity index is 1.36. The van der Waals surface area contributed by atoms with Crippen LogP contribution in [-0.2, 0) is 6.54 Å². The number of benzene rings is 2. The van der Waals surface area contributed by atoms with E-state index in [9.17, 15) is 0 Å². The molecule has 0 aliphatic carbocycles. The normalized spacial score (nSPS) is 16.8. The van der Waals surface area contributed by atoms with Crippen molar-refractivity contribution in [3.8, 4) is 5.75 Å². The van der Waals surface area contributed by atoms with Gasteiger partial charge in [0.15, 0.2) is 5.96 Å². The third kappa shape index (κ3) is 4.42. The van der Waals surface area contributed by atoms with Crippen molar-refractivity contribution in [3.05, 3.63) is 66.5 Å². The van der Waals surface area contributed by atoms with E-state index in [1.54, 1.807) is 14.2 Å². The minimum absolute atomic E-state index is 0.341. The molecule has 6 nitrogen and oxygen atoms in total. The predicted octanol–water partition coefficient (Wildman–Crippen LogP) is 3.19. The smallest absolute Gasteiger partial charge is 0.191 e. The molecule has 3 aromatic rings. The molecule has 0 spiro atoms. The highest BCUT2D eigenvalue weighted by molar-refractivity contribution is 5.85. The lowest BCUT2D eigenvalue weighted by Gasteiger charge is -2.21. The number of anilines is 1. The number of methoxy groups -OCH3 is 1. The fourth-order valence-electron chi connectivity index (χ4n) is 3.80. The molecule has 29 heavy (non-hydrogen) atoms. The number of pyridine rings is 1. The van der Waals surface area contributed by atoms with Crippen molar-refractivity contribution in [3.63, 3.8) is 0 Å². The van der Waals surface area contributed by atoms with Gasteiger partial charge in [-0.05, 0) is 30.0 Å². The van der Waals surface area contributed by atoms with Gasteiger partial charge in [-0.3, -0.25) is 9.98 Å². The van der Waals surface area contributed by atoms with Crippen LogP contribution >= 0.6 is 0 Å². The maximum absolute atomic E-state index is 5.35. The summed E-state index contributed by atoms with van der Waals surface area (Å²) < 4.78 is 5.35. The molecule has 0 amide bonds. The topological polar surface area (TPSA) is 61.8 Å². The van der Waals surface area contributed by atoms with Gasteiger partial charge in [0, 0.05) is 49.5 Å². The number of nitrogens with one attached hydrogen (secondary N) is 2. The van der Waals surface area contributed by atoms with Crippen LogP contribution in [0.15, 0.2) is 65.8 Å². The highest BCUT2D eigenvalue weighted by atomic mass is 16.5. The first kappa shape index (κ1) is 19.1. The zero-order chi connectivity index (χ0) is 20.1. The second kappa shape index (κ2) is 8.82. The fraction of sp³-hybridized carbons (Fsp3) is 0.304. The third-order valence-corrected chi connectivity index (χ3v) is 5.35. The van der Waals surface area contributed by atoms with E-state index in [0.717, 1.165) is 36.9 Å². The lowest BCUT2D eigenvalue weighted by Crippen LogP contribution is -2.44. The van der Waals surface area contributed by atoms with Crippen molar-refractivity contribution in [1.29, 1.82) is 0 Å². The first-order valence-corrected chi connectivity index (χ1v) is 9.95. The number of ether oxygens (including phenoxy) is 1. The zero-order valence-electron chi connectivity index (χ0n) is 16.9. The molecular formula is C23H27N5O. The molecule has 1 aliphatic rings. The lowest BCUT2D eigenvalue weighted by molar-refractivity contribution is 0.415. The van der Waals surface area contributed by atoms with E-state index in [1.165, 1.54) is 16.5 Å². The average molecular weight is 390 g/mol. The van der Waals surface area contributed by atoms with Crippen LogP contribution in [0.1, 0.15) is 12.1 Å². The number of aromatic nitrogens is 1. The standard InChI is InChI=1S/C23H27N5O/c1-24-23(26-15-22-21-9-4-3-6-17(21)10-12-25-22)27-18-11-13-28(16-18)19-7-5-8-20(14-19)29-2/h3-10,12,14,18H,11,13,15-16H2,1-2H3,(H2,24,26,27). The molecule has 1 aromatic heterocycles. The second-order valence-corrected chi connectivity index (χ2v) is 7.18. The number of guanidine groups is 1. The Morgan fingerprint density at radius 1 is 1.21 bits per heavy atom. The summed E-state index contributed by atoms with van der Waals surface area (Å²) in [4.78, 5) is 11.3. The van der Waals surface area contributed by atoms with Crippen LogP contribution < -0.4 is 20.3 Å². The molecule has 0 bridgehead atoms. The number of fused-ring (bicyclic) bond motifs is 1. The SMILES string of the molecule is CN=C(NCc1nccc2ccccc12)NC1CCN(c2cccc(OC)c2)C1. The van der Waals surface area contributed by atoms with E-state index in [4.69, 9.17) is 4.74 Å². The van der Waals surface area contributed by atoms with Crippen LogP contribution in [0.3, 0.4) is 0 Å². The number of hydrogen-bond donors (Lipinski definition) is 2. The summed E-state index contributed by atoms with van der Waals surface area (Å²) >= 11 is 0. The molecule has 2 N–H and O–H groups in total. The Morgan fingerprint density at radius 3 is 2.97 bits per heavy atom. The van der Waals surface area contributed by atoms with Gasteiger partial charge >= 0.3 is 0 Å². The van der Waals surface area contributed by atoms with Gasteiger partial charge in [0.25, 0.3) is 0 Å². The quantitative estimate of drug-likeness (QED) is 0.518. The molecule has 2 heterocycles. The van der Waals surface area contributed by atoms with Crippen LogP contribution in [0.4, 0.5) is 5.69 Å². The molecule has 1 atom stereocenters. The lowest BCUT2D eigenvalue weighted by atomic mass is 10.1. The predicted molar refractivity (Wildman–Crippen MR) is 119 cm³/mol. The van der Waals surface area contributed by atoms with Gasteiger partial charge in [-0.2, -0.15) is 0 Å². The molecule has 1 fully saturated rings. The summed E-state index contributed by atoms with van der Waals surface area (Å²) in [5.41, 5.74) is 2.21. The monoisotopic (exact) mass is 389 g/mol. The van der Waals surface area contributed by atoms with Crippen LogP contribution in [-0.4, -0.2) is 44.2 Å². The average Bonchev–Trinajstić information content (AvgIpc) is 3.25. The van der Waals surface area contributed by atoms with Crippen molar-refractivity contribution in [1.82, 2.24) is 15.6 Å². The van der Waals surface area contributed by atoms with Gasteiger partial charge in [0.1, 0.15) is 5.75 Å². The molecule has 1 saturated heterocycles. The highest BCUT2D eigenvalue weighted by Crippen LogP contribution is 2.24. The van der Waals surface area contributed by atoms with Gasteiger partial charge in [0.2, 0.25) is 0 Å². The van der Waals surface area contributed by atoms with E-state index in [0.29, 0.717) is 12.6 Å². The first-order chi connectivity index (χ1) is 14.3. The van der Waals surface area contributed by atoms with Crippen molar-refractivity contribution in [2.75, 3.05) is 32.1 Å². The Bertz CT molecular complexity index is 998. The van der Waals surface area contributed by atoms with Gasteiger partial charge in [-0.15, -0.1) is 0 Å². The zero-order valence-corrected chi connectivity index (χ0v) is 16.9. The molecule has 0 radical (unpaired) electrons. The Labute approximate surface area is 171 Å². The molecule has 1 aliphatic heterocycles. The number of aliphatic imine (C=N–C) groups is 1. The van der Waals surface area contributed by atoms with E-state index in [1.807, 2.05) is 36.5 Å². The van der Waals surface area contributed by atoms with E-state index in [-0.39, 0.29) is 0 Å². The van der Waals surface area contributed by atoms with Gasteiger partial charge in [0.05, 0.1) is 19.3 Å². The molecule has 6 heteroatoms. The fourth-order valence-corrected chi connectivity index (χ4v) is 3.80. The Morgan fingerprint density at radius 2 is 2.10 bits per heavy atom. The van der Waals surface area contributed by atoms with Crippen molar-refractivity contribution in [2.24, 2.45) is 4.99 Å². The number of nitrogens with zero attached hydrogens (tertiary/aromatic N) is 3. The maximum atomic E-state index is 5.35. The van der Waals surface area contributed by atoms with Crippen molar-refractivity contribution >= 4 is 22.4 Å². The summed E-state index contributed by atoms with van der Waals surface area (Å²) in [6, 6.07) is 18.9. The van der Waals surface area contributed by atoms with E-state index in [2.05, 4.69) is 49.8 Å². The summed E-state index contributed by atoms with van der Waals surface area (Å²) in [6.45, 7) is 2.57. The minimum Gasteiger partial charge on any atom is -0.497 e.